The topological polar surface area (TPSA) is 29.1 Å². The van der Waals surface area contributed by atoms with E-state index in [-0.39, 0.29) is 5.91 Å². The molecule has 0 aliphatic carbocycles. The minimum absolute atomic E-state index is 0.273. The van der Waals surface area contributed by atoms with Crippen molar-refractivity contribution in [1.82, 2.24) is 5.32 Å². The van der Waals surface area contributed by atoms with E-state index in [0.29, 0.717) is 0 Å². The predicted octanol–water partition coefficient (Wildman–Crippen LogP) is 7.31. The van der Waals surface area contributed by atoms with E-state index >= 15 is 0 Å². The Morgan fingerprint density at radius 3 is 1.04 bits per heavy atom. The Morgan fingerprint density at radius 2 is 0.680 bits per heavy atom. The van der Waals surface area contributed by atoms with Crippen LogP contribution in [0.4, 0.5) is 0 Å². The first kappa shape index (κ1) is 22.5. The Balaban J connectivity index is 2.08. The number of hydrogen-bond donors (Lipinski definition) is 1. The van der Waals surface area contributed by atoms with Crippen LogP contribution in [0.15, 0.2) is 0 Å². The highest BCUT2D eigenvalue weighted by Crippen LogP contribution is 2.15. The number of hydrogen-bond acceptors (Lipinski definition) is 1. The first-order valence-corrected chi connectivity index (χ1v) is 11.7. The van der Waals surface area contributed by atoms with Crippen LogP contribution in [0, 0.1) is 0 Å². The smallest absolute Gasteiger partial charge is 0.219 e. The molecule has 0 spiro atoms. The maximum atomic E-state index is 11.8. The largest absolute Gasteiger partial charge is 0.356 e. The minimum Gasteiger partial charge on any atom is -0.356 e. The molecule has 0 aromatic heterocycles. The van der Waals surface area contributed by atoms with E-state index in [1.165, 1.54) is 116 Å². The fourth-order valence-corrected chi connectivity index (χ4v) is 3.91. The molecule has 1 fully saturated rings. The SMILES string of the molecule is O=C1CCCCCCCCCCCCCCCCCCCCCCN1. The minimum atomic E-state index is 0.273. The average molecular weight is 352 g/mol. The van der Waals surface area contributed by atoms with Gasteiger partial charge in [0.25, 0.3) is 0 Å². The second kappa shape index (κ2) is 18.3. The molecule has 0 saturated carbocycles. The van der Waals surface area contributed by atoms with E-state index in [1.807, 2.05) is 0 Å². The Hall–Kier alpha value is -0.530. The summed E-state index contributed by atoms with van der Waals surface area (Å²) in [5.41, 5.74) is 0. The highest BCUT2D eigenvalue weighted by Gasteiger charge is 2.01. The molecule has 1 aliphatic heterocycles. The van der Waals surface area contributed by atoms with Crippen molar-refractivity contribution in [2.75, 3.05) is 6.54 Å². The molecule has 1 saturated heterocycles. The molecule has 0 aromatic rings. The summed E-state index contributed by atoms with van der Waals surface area (Å²) in [6.07, 6.45) is 28.1. The second-order valence-electron chi connectivity index (χ2n) is 8.17. The van der Waals surface area contributed by atoms with Crippen molar-refractivity contribution < 1.29 is 4.79 Å². The Labute approximate surface area is 157 Å². The van der Waals surface area contributed by atoms with Gasteiger partial charge < -0.3 is 5.32 Å². The van der Waals surface area contributed by atoms with Gasteiger partial charge in [0.05, 0.1) is 0 Å². The molecule has 0 atom stereocenters. The van der Waals surface area contributed by atoms with Gasteiger partial charge in [-0.05, 0) is 12.8 Å². The third-order valence-electron chi connectivity index (χ3n) is 5.65. The fourth-order valence-electron chi connectivity index (χ4n) is 3.91. The number of rotatable bonds is 0. The highest BCUT2D eigenvalue weighted by atomic mass is 16.1. The summed E-state index contributed by atoms with van der Waals surface area (Å²) >= 11 is 0. The molecule has 0 radical (unpaired) electrons. The van der Waals surface area contributed by atoms with Crippen molar-refractivity contribution >= 4 is 5.91 Å². The normalized spacial score (nSPS) is 23.3. The molecule has 0 bridgehead atoms. The van der Waals surface area contributed by atoms with Gasteiger partial charge in [0.1, 0.15) is 0 Å². The first-order chi connectivity index (χ1) is 12.4. The molecule has 1 heterocycles. The molecule has 2 nitrogen and oxygen atoms in total. The lowest BCUT2D eigenvalue weighted by atomic mass is 10.0. The van der Waals surface area contributed by atoms with Crippen LogP contribution in [0.3, 0.4) is 0 Å². The lowest BCUT2D eigenvalue weighted by Crippen LogP contribution is -2.23. The summed E-state index contributed by atoms with van der Waals surface area (Å²) in [5.74, 6) is 0.273. The van der Waals surface area contributed by atoms with Crippen LogP contribution in [0.1, 0.15) is 135 Å². The number of nitrogens with one attached hydrogen (secondary N) is 1. The van der Waals surface area contributed by atoms with Gasteiger partial charge in [0.15, 0.2) is 0 Å². The standard InChI is InChI=1S/C23H45NO/c25-23-21-19-17-15-13-11-9-7-5-3-1-2-4-6-8-10-12-14-16-18-20-22-24-23/h1-22H2,(H,24,25). The second-order valence-corrected chi connectivity index (χ2v) is 8.17. The molecule has 0 unspecified atom stereocenters. The maximum Gasteiger partial charge on any atom is 0.219 e. The molecule has 1 rings (SSSR count). The third kappa shape index (κ3) is 16.7. The van der Waals surface area contributed by atoms with Crippen LogP contribution < -0.4 is 5.32 Å². The number of carbonyl (C=O) groups is 1. The lowest BCUT2D eigenvalue weighted by Gasteiger charge is -2.06. The summed E-state index contributed by atoms with van der Waals surface area (Å²) in [4.78, 5) is 11.8. The zero-order valence-corrected chi connectivity index (χ0v) is 17.0. The zero-order chi connectivity index (χ0) is 17.8. The van der Waals surface area contributed by atoms with Gasteiger partial charge >= 0.3 is 0 Å². The summed E-state index contributed by atoms with van der Waals surface area (Å²) in [6.45, 7) is 0.888. The molecular weight excluding hydrogens is 306 g/mol. The Morgan fingerprint density at radius 1 is 0.400 bits per heavy atom. The molecular formula is C23H45NO. The number of amides is 1. The summed E-state index contributed by atoms with van der Waals surface area (Å²) in [5, 5.41) is 3.09. The number of carbonyl (C=O) groups excluding carboxylic acids is 1. The average Bonchev–Trinajstić information content (AvgIpc) is 2.61. The summed E-state index contributed by atoms with van der Waals surface area (Å²) < 4.78 is 0. The summed E-state index contributed by atoms with van der Waals surface area (Å²) in [7, 11) is 0. The van der Waals surface area contributed by atoms with Crippen LogP contribution in [0.5, 0.6) is 0 Å². The molecule has 1 amide bonds. The van der Waals surface area contributed by atoms with E-state index < -0.39 is 0 Å². The Kier molecular flexibility index (Phi) is 16.4. The van der Waals surface area contributed by atoms with Gasteiger partial charge in [-0.3, -0.25) is 4.79 Å². The lowest BCUT2D eigenvalue weighted by molar-refractivity contribution is -0.121. The molecule has 2 heteroatoms. The maximum absolute atomic E-state index is 11.8. The predicted molar refractivity (Wildman–Crippen MR) is 110 cm³/mol. The van der Waals surface area contributed by atoms with Gasteiger partial charge in [-0.1, -0.05) is 116 Å². The molecule has 0 aromatic carbocycles. The van der Waals surface area contributed by atoms with Crippen molar-refractivity contribution in [1.29, 1.82) is 0 Å². The van der Waals surface area contributed by atoms with Crippen molar-refractivity contribution in [3.63, 3.8) is 0 Å². The Bertz CT molecular complexity index is 264. The fraction of sp³-hybridized carbons (Fsp3) is 0.957. The molecule has 148 valence electrons. The van der Waals surface area contributed by atoms with E-state index in [1.54, 1.807) is 0 Å². The quantitative estimate of drug-likeness (QED) is 0.487. The monoisotopic (exact) mass is 351 g/mol. The van der Waals surface area contributed by atoms with Crippen LogP contribution in [-0.2, 0) is 4.79 Å². The van der Waals surface area contributed by atoms with Crippen molar-refractivity contribution in [3.05, 3.63) is 0 Å². The molecule has 1 aliphatic rings. The molecule has 25 heavy (non-hydrogen) atoms. The third-order valence-corrected chi connectivity index (χ3v) is 5.65. The van der Waals surface area contributed by atoms with Gasteiger partial charge in [-0.2, -0.15) is 0 Å². The van der Waals surface area contributed by atoms with Gasteiger partial charge in [0.2, 0.25) is 5.91 Å². The van der Waals surface area contributed by atoms with Crippen LogP contribution in [0.2, 0.25) is 0 Å². The zero-order valence-electron chi connectivity index (χ0n) is 17.0. The van der Waals surface area contributed by atoms with E-state index in [0.717, 1.165) is 25.8 Å². The van der Waals surface area contributed by atoms with Gasteiger partial charge in [0, 0.05) is 13.0 Å². The van der Waals surface area contributed by atoms with Gasteiger partial charge in [-0.15, -0.1) is 0 Å². The van der Waals surface area contributed by atoms with E-state index in [2.05, 4.69) is 5.32 Å². The summed E-state index contributed by atoms with van der Waals surface area (Å²) in [6, 6.07) is 0. The van der Waals surface area contributed by atoms with Crippen molar-refractivity contribution in [2.45, 2.75) is 135 Å². The van der Waals surface area contributed by atoms with Crippen molar-refractivity contribution in [2.24, 2.45) is 0 Å². The van der Waals surface area contributed by atoms with Crippen LogP contribution in [-0.4, -0.2) is 12.5 Å². The van der Waals surface area contributed by atoms with E-state index in [4.69, 9.17) is 0 Å². The van der Waals surface area contributed by atoms with Gasteiger partial charge in [-0.25, -0.2) is 0 Å². The van der Waals surface area contributed by atoms with Crippen LogP contribution in [0.25, 0.3) is 0 Å². The van der Waals surface area contributed by atoms with E-state index in [9.17, 15) is 4.79 Å². The van der Waals surface area contributed by atoms with Crippen molar-refractivity contribution in [3.8, 4) is 0 Å². The highest BCUT2D eigenvalue weighted by molar-refractivity contribution is 5.75. The van der Waals surface area contributed by atoms with Crippen LogP contribution >= 0.6 is 0 Å². The first-order valence-electron chi connectivity index (χ1n) is 11.7. The molecule has 1 N–H and O–H groups in total.